The summed E-state index contributed by atoms with van der Waals surface area (Å²) in [6, 6.07) is 3.00. The highest BCUT2D eigenvalue weighted by Crippen LogP contribution is 2.31. The number of likely N-dealkylation sites (tertiary alicyclic amines) is 1. The number of carbonyl (C=O) groups excluding carboxylic acids is 2. The minimum absolute atomic E-state index is 0.0758. The number of rotatable bonds is 7. The number of amides is 1. The van der Waals surface area contributed by atoms with Crippen LogP contribution in [0.4, 0.5) is 10.3 Å². The highest BCUT2D eigenvalue weighted by atomic mass is 32.1. The summed E-state index contributed by atoms with van der Waals surface area (Å²) >= 11 is 1.47. The lowest BCUT2D eigenvalue weighted by atomic mass is 9.95. The first-order chi connectivity index (χ1) is 16.5. The molecule has 1 aliphatic rings. The molecular weight excluding hydrogens is 469 g/mol. The van der Waals surface area contributed by atoms with E-state index in [-0.39, 0.29) is 29.3 Å². The monoisotopic (exact) mass is 499 g/mol. The molecule has 186 valence electrons. The molecule has 1 fully saturated rings. The van der Waals surface area contributed by atoms with E-state index in [1.807, 2.05) is 40.7 Å². The van der Waals surface area contributed by atoms with Gasteiger partial charge in [-0.15, -0.1) is 11.3 Å². The molecular formula is C25H30FN5O3S. The van der Waals surface area contributed by atoms with Crippen LogP contribution < -0.4 is 5.32 Å². The molecule has 1 N–H and O–H groups in total. The van der Waals surface area contributed by atoms with Crippen molar-refractivity contribution in [2.45, 2.75) is 47.1 Å². The molecule has 4 rings (SSSR count). The average molecular weight is 500 g/mol. The summed E-state index contributed by atoms with van der Waals surface area (Å²) in [5.41, 5.74) is 1.57. The number of esters is 1. The Bertz CT molecular complexity index is 1250. The zero-order valence-corrected chi connectivity index (χ0v) is 21.4. The van der Waals surface area contributed by atoms with Crippen LogP contribution >= 0.6 is 11.3 Å². The van der Waals surface area contributed by atoms with Gasteiger partial charge >= 0.3 is 5.97 Å². The van der Waals surface area contributed by atoms with Gasteiger partial charge in [0.15, 0.2) is 5.69 Å². The summed E-state index contributed by atoms with van der Waals surface area (Å²) in [6.45, 7) is 11.2. The fourth-order valence-corrected chi connectivity index (χ4v) is 4.74. The third-order valence-electron chi connectivity index (χ3n) is 5.63. The molecule has 1 aliphatic heterocycles. The summed E-state index contributed by atoms with van der Waals surface area (Å²) < 4.78 is 19.7. The minimum atomic E-state index is -0.425. The van der Waals surface area contributed by atoms with Gasteiger partial charge in [-0.1, -0.05) is 20.8 Å². The zero-order chi connectivity index (χ0) is 25.3. The van der Waals surface area contributed by atoms with Gasteiger partial charge in [0.25, 0.3) is 5.91 Å². The average Bonchev–Trinajstić information content (AvgIpc) is 3.13. The van der Waals surface area contributed by atoms with Crippen LogP contribution in [0.2, 0.25) is 0 Å². The van der Waals surface area contributed by atoms with Gasteiger partial charge in [-0.25, -0.2) is 14.4 Å². The molecule has 35 heavy (non-hydrogen) atoms. The van der Waals surface area contributed by atoms with Gasteiger partial charge in [0.05, 0.1) is 35.5 Å². The fourth-order valence-electron chi connectivity index (χ4n) is 3.81. The van der Waals surface area contributed by atoms with Gasteiger partial charge in [0.2, 0.25) is 5.95 Å². The number of nitrogens with one attached hydrogen (secondary N) is 1. The number of thiophene rings is 1. The topological polar surface area (TPSA) is 97.3 Å². The second-order valence-corrected chi connectivity index (χ2v) is 11.5. The van der Waals surface area contributed by atoms with Crippen LogP contribution in [-0.2, 0) is 9.53 Å². The van der Waals surface area contributed by atoms with Crippen LogP contribution in [0.15, 0.2) is 24.5 Å². The van der Waals surface area contributed by atoms with Crippen molar-refractivity contribution in [3.63, 3.8) is 0 Å². The molecule has 1 atom stereocenters. The smallest absolute Gasteiger partial charge is 0.306 e. The van der Waals surface area contributed by atoms with Crippen molar-refractivity contribution in [1.29, 1.82) is 0 Å². The summed E-state index contributed by atoms with van der Waals surface area (Å²) in [5.74, 6) is -0.485. The highest BCUT2D eigenvalue weighted by Gasteiger charge is 2.35. The highest BCUT2D eigenvalue weighted by molar-refractivity contribution is 7.19. The first kappa shape index (κ1) is 25.0. The number of anilines is 1. The number of carbonyl (C=O) groups is 2. The lowest BCUT2D eigenvalue weighted by Gasteiger charge is -2.38. The van der Waals surface area contributed by atoms with E-state index >= 15 is 0 Å². The Morgan fingerprint density at radius 2 is 2.00 bits per heavy atom. The molecule has 0 unspecified atom stereocenters. The van der Waals surface area contributed by atoms with E-state index in [1.165, 1.54) is 17.4 Å². The Balaban J connectivity index is 1.46. The molecule has 10 heteroatoms. The quantitative estimate of drug-likeness (QED) is 0.468. The van der Waals surface area contributed by atoms with Gasteiger partial charge in [0, 0.05) is 30.1 Å². The molecule has 0 saturated carbocycles. The Hall–Kier alpha value is -3.14. The number of ether oxygens (including phenoxy) is 1. The van der Waals surface area contributed by atoms with Crippen LogP contribution in [-0.4, -0.2) is 51.4 Å². The van der Waals surface area contributed by atoms with E-state index in [9.17, 15) is 14.0 Å². The molecule has 0 radical (unpaired) electrons. The van der Waals surface area contributed by atoms with Crippen molar-refractivity contribution in [1.82, 2.24) is 19.9 Å². The Morgan fingerprint density at radius 1 is 1.26 bits per heavy atom. The molecule has 0 bridgehead atoms. The fraction of sp³-hybridized carbons (Fsp3) is 0.480. The zero-order valence-electron chi connectivity index (χ0n) is 20.6. The van der Waals surface area contributed by atoms with Crippen LogP contribution in [0, 0.1) is 24.1 Å². The second kappa shape index (κ2) is 9.85. The third kappa shape index (κ3) is 6.11. The molecule has 8 nitrogen and oxygen atoms in total. The van der Waals surface area contributed by atoms with Gasteiger partial charge in [-0.05, 0) is 37.0 Å². The number of aromatic nitrogens is 3. The number of pyridine rings is 1. The molecule has 0 spiro atoms. The van der Waals surface area contributed by atoms with Gasteiger partial charge in [-0.2, -0.15) is 0 Å². The molecule has 1 saturated heterocycles. The van der Waals surface area contributed by atoms with E-state index in [2.05, 4.69) is 20.3 Å². The number of halogens is 1. The predicted octanol–water partition coefficient (Wildman–Crippen LogP) is 4.76. The molecule has 1 amide bonds. The van der Waals surface area contributed by atoms with Gasteiger partial charge in [0.1, 0.15) is 5.82 Å². The Labute approximate surface area is 207 Å². The molecule has 0 aliphatic carbocycles. The standard InChI is InChI=1S/C25H30FN5O3S/c1-14-6-19-22(35-14)21(30-24(29-19)28-15(2)17-8-18(26)10-27-9-17)23(33)31-11-16(12-31)7-20(32)34-13-25(3,4)5/h6,8-10,15-16H,7,11-13H2,1-5H3,(H,28,29,30)/t15-/m0/s1. The maximum absolute atomic E-state index is 13.6. The maximum Gasteiger partial charge on any atom is 0.306 e. The normalized spacial score (nSPS) is 15.1. The SMILES string of the molecule is Cc1cc2nc(N[C@@H](C)c3cncc(F)c3)nc(C(=O)N3CC(CC(=O)OCC(C)(C)C)C3)c2s1. The van der Waals surface area contributed by atoms with E-state index in [4.69, 9.17) is 4.74 Å². The third-order valence-corrected chi connectivity index (χ3v) is 6.68. The van der Waals surface area contributed by atoms with Crippen molar-refractivity contribution in [3.05, 3.63) is 46.5 Å². The molecule has 3 aromatic rings. The van der Waals surface area contributed by atoms with Gasteiger partial charge < -0.3 is 15.0 Å². The summed E-state index contributed by atoms with van der Waals surface area (Å²) in [6.07, 6.45) is 3.02. The number of hydrogen-bond donors (Lipinski definition) is 1. The molecule has 3 aromatic heterocycles. The predicted molar refractivity (Wildman–Crippen MR) is 133 cm³/mol. The van der Waals surface area contributed by atoms with E-state index < -0.39 is 5.82 Å². The van der Waals surface area contributed by atoms with Crippen molar-refractivity contribution in [2.24, 2.45) is 11.3 Å². The van der Waals surface area contributed by atoms with Crippen LogP contribution in [0.1, 0.15) is 61.1 Å². The maximum atomic E-state index is 13.6. The number of nitrogens with zero attached hydrogens (tertiary/aromatic N) is 4. The lowest BCUT2D eigenvalue weighted by Crippen LogP contribution is -2.51. The van der Waals surface area contributed by atoms with Crippen molar-refractivity contribution in [3.8, 4) is 0 Å². The largest absolute Gasteiger partial charge is 0.465 e. The number of aryl methyl sites for hydroxylation is 1. The molecule has 4 heterocycles. The van der Waals surface area contributed by atoms with Crippen LogP contribution in [0.3, 0.4) is 0 Å². The van der Waals surface area contributed by atoms with Crippen molar-refractivity contribution in [2.75, 3.05) is 25.0 Å². The summed E-state index contributed by atoms with van der Waals surface area (Å²) in [5, 5.41) is 3.16. The Kier molecular flexibility index (Phi) is 7.02. The van der Waals surface area contributed by atoms with Crippen molar-refractivity contribution < 1.29 is 18.7 Å². The number of fused-ring (bicyclic) bond motifs is 1. The first-order valence-electron chi connectivity index (χ1n) is 11.6. The Morgan fingerprint density at radius 3 is 2.69 bits per heavy atom. The van der Waals surface area contributed by atoms with E-state index in [0.29, 0.717) is 48.8 Å². The minimum Gasteiger partial charge on any atom is -0.465 e. The number of hydrogen-bond acceptors (Lipinski definition) is 8. The van der Waals surface area contributed by atoms with Crippen LogP contribution in [0.25, 0.3) is 10.2 Å². The van der Waals surface area contributed by atoms with Crippen LogP contribution in [0.5, 0.6) is 0 Å². The van der Waals surface area contributed by atoms with Crippen molar-refractivity contribution >= 4 is 39.4 Å². The summed E-state index contributed by atoms with van der Waals surface area (Å²) in [7, 11) is 0. The first-order valence-corrected chi connectivity index (χ1v) is 12.4. The van der Waals surface area contributed by atoms with Gasteiger partial charge in [-0.3, -0.25) is 14.6 Å². The van der Waals surface area contributed by atoms with E-state index in [0.717, 1.165) is 15.8 Å². The summed E-state index contributed by atoms with van der Waals surface area (Å²) in [4.78, 5) is 41.2. The lowest BCUT2D eigenvalue weighted by molar-refractivity contribution is -0.148. The molecule has 0 aromatic carbocycles. The van der Waals surface area contributed by atoms with E-state index in [1.54, 1.807) is 11.1 Å². The second-order valence-electron chi connectivity index (χ2n) is 10.3.